The molecule has 3 nitrogen and oxygen atoms in total. The minimum Gasteiger partial charge on any atom is -0.405 e. The molecule has 0 aliphatic rings. The van der Waals surface area contributed by atoms with E-state index in [-0.39, 0.29) is 0 Å². The average molecular weight is 354 g/mol. The van der Waals surface area contributed by atoms with E-state index in [9.17, 15) is 26.3 Å². The predicted octanol–water partition coefficient (Wildman–Crippen LogP) is 3.39. The Bertz CT molecular complexity index is 459. The predicted molar refractivity (Wildman–Crippen MR) is 54.5 cm³/mol. The molecule has 19 heavy (non-hydrogen) atoms. The first-order chi connectivity index (χ1) is 8.60. The van der Waals surface area contributed by atoms with E-state index in [0.717, 1.165) is 0 Å². The van der Waals surface area contributed by atoms with Gasteiger partial charge in [0.25, 0.3) is 0 Å². The molecular formula is C9H6BrF6NO2. The van der Waals surface area contributed by atoms with Gasteiger partial charge in [0, 0.05) is 22.7 Å². The fourth-order valence-electron chi connectivity index (χ4n) is 1.30. The van der Waals surface area contributed by atoms with Gasteiger partial charge >= 0.3 is 12.5 Å². The van der Waals surface area contributed by atoms with Crippen molar-refractivity contribution in [2.24, 2.45) is 0 Å². The number of aliphatic hydroxyl groups excluding tert-OH is 1. The van der Waals surface area contributed by atoms with E-state index < -0.39 is 47.0 Å². The van der Waals surface area contributed by atoms with Crippen LogP contribution in [0.4, 0.5) is 26.3 Å². The van der Waals surface area contributed by atoms with Gasteiger partial charge in [-0.05, 0) is 0 Å². The topological polar surface area (TPSA) is 42.4 Å². The highest BCUT2D eigenvalue weighted by Gasteiger charge is 2.40. The first kappa shape index (κ1) is 16.0. The molecule has 1 rings (SSSR count). The number of pyridine rings is 1. The highest BCUT2D eigenvalue weighted by Crippen LogP contribution is 2.39. The summed E-state index contributed by atoms with van der Waals surface area (Å²) in [4.78, 5) is 3.02. The number of alkyl halides is 7. The molecular weight excluding hydrogens is 348 g/mol. The zero-order valence-electron chi connectivity index (χ0n) is 8.94. The van der Waals surface area contributed by atoms with Gasteiger partial charge < -0.3 is 9.84 Å². The summed E-state index contributed by atoms with van der Waals surface area (Å²) in [6.45, 7) is -0.934. The lowest BCUT2D eigenvalue weighted by Gasteiger charge is -2.18. The minimum atomic E-state index is -5.18. The lowest BCUT2D eigenvalue weighted by Crippen LogP contribution is -2.21. The Morgan fingerprint density at radius 3 is 2.16 bits per heavy atom. The van der Waals surface area contributed by atoms with Gasteiger partial charge in [-0.25, -0.2) is 0 Å². The van der Waals surface area contributed by atoms with Crippen LogP contribution < -0.4 is 4.74 Å². The van der Waals surface area contributed by atoms with E-state index >= 15 is 0 Å². The summed E-state index contributed by atoms with van der Waals surface area (Å²) in [6.07, 6.45) is -9.61. The number of hydrogen-bond acceptors (Lipinski definition) is 3. The number of rotatable bonds is 3. The van der Waals surface area contributed by atoms with Crippen LogP contribution in [-0.2, 0) is 18.1 Å². The summed E-state index contributed by atoms with van der Waals surface area (Å²) in [7, 11) is 0. The van der Waals surface area contributed by atoms with Gasteiger partial charge in [0.05, 0.1) is 6.61 Å². The normalized spacial score (nSPS) is 12.6. The van der Waals surface area contributed by atoms with Crippen molar-refractivity contribution in [2.75, 3.05) is 0 Å². The van der Waals surface area contributed by atoms with Crippen molar-refractivity contribution in [3.8, 4) is 5.75 Å². The van der Waals surface area contributed by atoms with Crippen LogP contribution in [0.25, 0.3) is 0 Å². The molecule has 0 amide bonds. The van der Waals surface area contributed by atoms with Crippen LogP contribution in [0.2, 0.25) is 0 Å². The molecule has 0 unspecified atom stereocenters. The molecule has 0 bridgehead atoms. The maximum Gasteiger partial charge on any atom is 0.573 e. The molecule has 0 aliphatic heterocycles. The van der Waals surface area contributed by atoms with Crippen LogP contribution in [0, 0.1) is 0 Å². The molecule has 1 heterocycles. The second-order valence-electron chi connectivity index (χ2n) is 3.28. The summed E-state index contributed by atoms with van der Waals surface area (Å²) >= 11 is 2.65. The van der Waals surface area contributed by atoms with Crippen LogP contribution in [-0.4, -0.2) is 16.5 Å². The minimum absolute atomic E-state index is 0.486. The lowest BCUT2D eigenvalue weighted by atomic mass is 10.1. The van der Waals surface area contributed by atoms with Crippen LogP contribution in [0.5, 0.6) is 5.75 Å². The Morgan fingerprint density at radius 2 is 1.79 bits per heavy atom. The molecule has 0 aliphatic carbocycles. The van der Waals surface area contributed by atoms with Crippen molar-refractivity contribution >= 4 is 15.9 Å². The summed E-state index contributed by atoms with van der Waals surface area (Å²) in [5, 5.41) is 8.28. The summed E-state index contributed by atoms with van der Waals surface area (Å²) in [5.41, 5.74) is -2.81. The molecule has 0 atom stereocenters. The van der Waals surface area contributed by atoms with E-state index in [0.29, 0.717) is 6.20 Å². The maximum atomic E-state index is 12.6. The molecule has 108 valence electrons. The number of ether oxygens (including phenoxy) is 1. The van der Waals surface area contributed by atoms with Gasteiger partial charge in [0.15, 0.2) is 5.69 Å². The molecule has 0 fully saturated rings. The van der Waals surface area contributed by atoms with Crippen molar-refractivity contribution in [2.45, 2.75) is 24.5 Å². The third kappa shape index (κ3) is 3.96. The monoisotopic (exact) mass is 353 g/mol. The van der Waals surface area contributed by atoms with Crippen LogP contribution in [0.1, 0.15) is 16.8 Å². The van der Waals surface area contributed by atoms with Crippen LogP contribution >= 0.6 is 15.9 Å². The number of hydrogen-bond donors (Lipinski definition) is 1. The number of nitrogens with zero attached hydrogens (tertiary/aromatic N) is 1. The standard InChI is InChI=1S/C9H6BrF6NO2/c10-1-5-6(19-9(14,15)16)4(3-18)2-17-7(5)8(11,12)13/h2,18H,1,3H2. The first-order valence-corrected chi connectivity index (χ1v) is 5.72. The molecule has 0 spiro atoms. The molecule has 10 heteroatoms. The number of halogens is 7. The zero-order chi connectivity index (χ0) is 14.8. The molecule has 1 aromatic heterocycles. The summed E-state index contributed by atoms with van der Waals surface area (Å²) < 4.78 is 77.9. The van der Waals surface area contributed by atoms with Crippen molar-refractivity contribution in [3.63, 3.8) is 0 Å². The number of aliphatic hydroxyl groups is 1. The SMILES string of the molecule is OCc1cnc(C(F)(F)F)c(CBr)c1OC(F)(F)F. The smallest absolute Gasteiger partial charge is 0.405 e. The van der Waals surface area contributed by atoms with Gasteiger partial charge in [-0.3, -0.25) is 4.98 Å². The van der Waals surface area contributed by atoms with Crippen molar-refractivity contribution in [1.29, 1.82) is 0 Å². The van der Waals surface area contributed by atoms with Crippen molar-refractivity contribution in [1.82, 2.24) is 4.98 Å². The van der Waals surface area contributed by atoms with Gasteiger partial charge in [-0.1, -0.05) is 15.9 Å². The van der Waals surface area contributed by atoms with Gasteiger partial charge in [-0.2, -0.15) is 13.2 Å². The number of aromatic nitrogens is 1. The van der Waals surface area contributed by atoms with E-state index in [1.165, 1.54) is 0 Å². The van der Waals surface area contributed by atoms with E-state index in [4.69, 9.17) is 5.11 Å². The highest BCUT2D eigenvalue weighted by molar-refractivity contribution is 9.08. The van der Waals surface area contributed by atoms with E-state index in [1.807, 2.05) is 0 Å². The fourth-order valence-corrected chi connectivity index (χ4v) is 1.82. The Morgan fingerprint density at radius 1 is 1.21 bits per heavy atom. The van der Waals surface area contributed by atoms with Crippen molar-refractivity contribution < 1.29 is 36.2 Å². The second-order valence-corrected chi connectivity index (χ2v) is 3.84. The van der Waals surface area contributed by atoms with Gasteiger partial charge in [-0.15, -0.1) is 13.2 Å². The second kappa shape index (κ2) is 5.53. The molecule has 0 saturated heterocycles. The van der Waals surface area contributed by atoms with Gasteiger partial charge in [0.2, 0.25) is 0 Å². The Labute approximate surface area is 111 Å². The van der Waals surface area contributed by atoms with E-state index in [2.05, 4.69) is 25.7 Å². The van der Waals surface area contributed by atoms with Crippen LogP contribution in [0.3, 0.4) is 0 Å². The van der Waals surface area contributed by atoms with E-state index in [1.54, 1.807) is 0 Å². The quantitative estimate of drug-likeness (QED) is 0.669. The van der Waals surface area contributed by atoms with Gasteiger partial charge in [0.1, 0.15) is 5.75 Å². The van der Waals surface area contributed by atoms with Crippen molar-refractivity contribution in [3.05, 3.63) is 23.0 Å². The Hall–Kier alpha value is -1.03. The maximum absolute atomic E-state index is 12.6. The summed E-state index contributed by atoms with van der Waals surface area (Å²) in [6, 6.07) is 0. The molecule has 1 N–H and O–H groups in total. The Balaban J connectivity index is 3.46. The fraction of sp³-hybridized carbons (Fsp3) is 0.444. The van der Waals surface area contributed by atoms with Crippen LogP contribution in [0.15, 0.2) is 6.20 Å². The molecule has 0 radical (unpaired) electrons. The highest BCUT2D eigenvalue weighted by atomic mass is 79.9. The molecule has 0 saturated carbocycles. The molecule has 1 aromatic rings. The Kier molecular flexibility index (Phi) is 4.67. The zero-order valence-corrected chi connectivity index (χ0v) is 10.5. The lowest BCUT2D eigenvalue weighted by molar-refractivity contribution is -0.275. The first-order valence-electron chi connectivity index (χ1n) is 4.60. The third-order valence-electron chi connectivity index (χ3n) is 1.99. The largest absolute Gasteiger partial charge is 0.573 e. The average Bonchev–Trinajstić information content (AvgIpc) is 2.25. The third-order valence-corrected chi connectivity index (χ3v) is 2.55. The molecule has 0 aromatic carbocycles. The summed E-state index contributed by atoms with van der Waals surface area (Å²) in [5.74, 6) is -1.09.